The summed E-state index contributed by atoms with van der Waals surface area (Å²) < 4.78 is 23.8. The molecule has 4 aromatic rings. The average Bonchev–Trinajstić information content (AvgIpc) is 2.91. The lowest BCUT2D eigenvalue weighted by Gasteiger charge is -2.23. The van der Waals surface area contributed by atoms with Crippen LogP contribution in [-0.4, -0.2) is 39.1 Å². The van der Waals surface area contributed by atoms with Gasteiger partial charge in [-0.1, -0.05) is 23.7 Å². The van der Waals surface area contributed by atoms with Crippen molar-refractivity contribution in [2.45, 2.75) is 23.8 Å². The van der Waals surface area contributed by atoms with Crippen molar-refractivity contribution in [2.24, 2.45) is 0 Å². The first-order valence-corrected chi connectivity index (χ1v) is 12.6. The molecule has 2 aromatic heterocycles. The highest BCUT2D eigenvalue weighted by Crippen LogP contribution is 2.33. The number of nitrogens with zero attached hydrogens (tertiary/aromatic N) is 4. The molecule has 0 amide bonds. The summed E-state index contributed by atoms with van der Waals surface area (Å²) in [7, 11) is 0. The molecule has 1 aliphatic rings. The molecule has 3 N–H and O–H groups in total. The van der Waals surface area contributed by atoms with E-state index < -0.39 is 5.82 Å². The van der Waals surface area contributed by atoms with Crippen molar-refractivity contribution < 1.29 is 9.13 Å². The molecule has 8 nitrogen and oxygen atoms in total. The van der Waals surface area contributed by atoms with Crippen LogP contribution in [-0.2, 0) is 0 Å². The maximum atomic E-state index is 14.9. The molecule has 1 fully saturated rings. The van der Waals surface area contributed by atoms with Gasteiger partial charge in [0.15, 0.2) is 17.3 Å². The summed E-state index contributed by atoms with van der Waals surface area (Å²) in [5.41, 5.74) is 1.47. The van der Waals surface area contributed by atoms with Gasteiger partial charge in [-0.2, -0.15) is 0 Å². The van der Waals surface area contributed by atoms with E-state index in [1.165, 1.54) is 36.5 Å². The first-order chi connectivity index (χ1) is 17.7. The minimum atomic E-state index is -0.550. The van der Waals surface area contributed by atoms with Crippen LogP contribution in [0.2, 0.25) is 5.02 Å². The second-order valence-electron chi connectivity index (χ2n) is 8.05. The number of anilines is 2. The Morgan fingerprint density at radius 2 is 1.94 bits per heavy atom. The zero-order valence-electron chi connectivity index (χ0n) is 19.1. The van der Waals surface area contributed by atoms with Crippen molar-refractivity contribution in [3.05, 3.63) is 78.0 Å². The fourth-order valence-corrected chi connectivity index (χ4v) is 4.60. The summed E-state index contributed by atoms with van der Waals surface area (Å²) in [4.78, 5) is 18.4. The number of ether oxygens (including phenoxy) is 1. The highest BCUT2D eigenvalue weighted by molar-refractivity contribution is 8.00. The van der Waals surface area contributed by atoms with Crippen LogP contribution in [0.15, 0.2) is 72.0 Å². The zero-order valence-corrected chi connectivity index (χ0v) is 20.7. The Morgan fingerprint density at radius 3 is 2.78 bits per heavy atom. The van der Waals surface area contributed by atoms with Gasteiger partial charge in [-0.25, -0.2) is 24.3 Å². The number of rotatable bonds is 8. The Hall–Kier alpha value is -3.47. The van der Waals surface area contributed by atoms with E-state index in [1.54, 1.807) is 24.4 Å². The maximum absolute atomic E-state index is 14.9. The molecule has 1 aliphatic heterocycles. The highest BCUT2D eigenvalue weighted by atomic mass is 35.5. The summed E-state index contributed by atoms with van der Waals surface area (Å²) in [6.07, 6.45) is 6.81. The van der Waals surface area contributed by atoms with Crippen LogP contribution in [0.3, 0.4) is 0 Å². The third kappa shape index (κ3) is 6.01. The van der Waals surface area contributed by atoms with E-state index in [9.17, 15) is 4.39 Å². The van der Waals surface area contributed by atoms with Crippen LogP contribution in [0.25, 0.3) is 11.4 Å². The van der Waals surface area contributed by atoms with Gasteiger partial charge in [0.25, 0.3) is 0 Å². The smallest absolute Gasteiger partial charge is 0.247 e. The largest absolute Gasteiger partial charge is 0.434 e. The molecule has 2 aromatic carbocycles. The number of piperidine rings is 1. The minimum absolute atomic E-state index is 0.0192. The van der Waals surface area contributed by atoms with E-state index in [1.807, 2.05) is 18.2 Å². The number of nitrogens with one attached hydrogen (secondary N) is 3. The summed E-state index contributed by atoms with van der Waals surface area (Å²) >= 11 is 7.47. The van der Waals surface area contributed by atoms with Crippen molar-refractivity contribution in [1.82, 2.24) is 25.3 Å². The summed E-state index contributed by atoms with van der Waals surface area (Å²) in [5.74, 6) is 0.110. The molecule has 0 unspecified atom stereocenters. The number of hydrogen-bond donors (Lipinski definition) is 3. The fourth-order valence-electron chi connectivity index (χ4n) is 3.69. The van der Waals surface area contributed by atoms with Gasteiger partial charge in [-0.15, -0.1) is 0 Å². The van der Waals surface area contributed by atoms with E-state index in [-0.39, 0.29) is 17.7 Å². The van der Waals surface area contributed by atoms with E-state index >= 15 is 0 Å². The third-order valence-corrected chi connectivity index (χ3v) is 6.80. The molecule has 3 heterocycles. The summed E-state index contributed by atoms with van der Waals surface area (Å²) in [5, 5.41) is 7.32. The number of halogens is 2. The van der Waals surface area contributed by atoms with Gasteiger partial charge in [0.05, 0.1) is 10.7 Å². The van der Waals surface area contributed by atoms with E-state index in [0.717, 1.165) is 30.8 Å². The molecule has 5 rings (SSSR count). The van der Waals surface area contributed by atoms with E-state index in [2.05, 4.69) is 35.3 Å². The SMILES string of the molecule is Fc1cc(NSc2ccccc2Cl)ccc1Oc1nccnc1-c1ccnc(N[C@H]2CCCNC2)n1. The minimum Gasteiger partial charge on any atom is -0.434 e. The molecule has 1 saturated heterocycles. The van der Waals surface area contributed by atoms with Gasteiger partial charge < -0.3 is 20.1 Å². The van der Waals surface area contributed by atoms with Crippen molar-refractivity contribution in [3.63, 3.8) is 0 Å². The van der Waals surface area contributed by atoms with Crippen LogP contribution in [0, 0.1) is 5.82 Å². The lowest BCUT2D eigenvalue weighted by molar-refractivity contribution is 0.427. The van der Waals surface area contributed by atoms with Crippen molar-refractivity contribution in [3.8, 4) is 23.0 Å². The molecule has 0 bridgehead atoms. The summed E-state index contributed by atoms with van der Waals surface area (Å²) in [6, 6.07) is 14.0. The van der Waals surface area contributed by atoms with Crippen molar-refractivity contribution in [2.75, 3.05) is 23.1 Å². The highest BCUT2D eigenvalue weighted by Gasteiger charge is 2.17. The van der Waals surface area contributed by atoms with Gasteiger partial charge in [0, 0.05) is 47.8 Å². The van der Waals surface area contributed by atoms with Gasteiger partial charge in [0.2, 0.25) is 11.8 Å². The molecule has 36 heavy (non-hydrogen) atoms. The van der Waals surface area contributed by atoms with E-state index in [0.29, 0.717) is 28.0 Å². The van der Waals surface area contributed by atoms with E-state index in [4.69, 9.17) is 16.3 Å². The Morgan fingerprint density at radius 1 is 1.06 bits per heavy atom. The predicted octanol–water partition coefficient (Wildman–Crippen LogP) is 5.80. The molecular formula is C25H23ClFN7OS. The molecule has 0 aliphatic carbocycles. The van der Waals surface area contributed by atoms with Crippen molar-refractivity contribution in [1.29, 1.82) is 0 Å². The lowest BCUT2D eigenvalue weighted by Crippen LogP contribution is -2.38. The first kappa shape index (κ1) is 24.2. The van der Waals surface area contributed by atoms with Crippen LogP contribution in [0.4, 0.5) is 16.0 Å². The topological polar surface area (TPSA) is 96.9 Å². The fraction of sp³-hybridized carbons (Fsp3) is 0.200. The molecule has 0 spiro atoms. The first-order valence-electron chi connectivity index (χ1n) is 11.4. The standard InChI is InChI=1S/C25H23ClFN7OS/c26-18-5-1-2-6-22(18)36-34-16-7-8-21(19(27)14-16)35-24-23(29-12-13-30-24)20-9-11-31-25(33-20)32-17-4-3-10-28-15-17/h1-2,5-9,11-14,17,28,34H,3-4,10,15H2,(H,31,32,33)/t17-/m0/s1. The number of aromatic nitrogens is 4. The maximum Gasteiger partial charge on any atom is 0.247 e. The zero-order chi connectivity index (χ0) is 24.7. The average molecular weight is 524 g/mol. The monoisotopic (exact) mass is 523 g/mol. The third-order valence-electron chi connectivity index (χ3n) is 5.45. The Kier molecular flexibility index (Phi) is 7.75. The lowest BCUT2D eigenvalue weighted by atomic mass is 10.1. The van der Waals surface area contributed by atoms with Crippen molar-refractivity contribution >= 4 is 35.2 Å². The number of benzene rings is 2. The Bertz CT molecular complexity index is 1340. The van der Waals surface area contributed by atoms with Crippen LogP contribution in [0.5, 0.6) is 11.6 Å². The molecule has 11 heteroatoms. The normalized spacial score (nSPS) is 15.3. The second kappa shape index (κ2) is 11.5. The molecular weight excluding hydrogens is 501 g/mol. The van der Waals surface area contributed by atoms with Gasteiger partial charge in [-0.05, 0) is 61.7 Å². The molecule has 0 radical (unpaired) electrons. The van der Waals surface area contributed by atoms with Gasteiger partial charge in [-0.3, -0.25) is 0 Å². The Labute approximate surface area is 217 Å². The quantitative estimate of drug-likeness (QED) is 0.247. The second-order valence-corrected chi connectivity index (χ2v) is 9.30. The van der Waals surface area contributed by atoms with Gasteiger partial charge in [0.1, 0.15) is 0 Å². The van der Waals surface area contributed by atoms with Crippen LogP contribution < -0.4 is 20.1 Å². The summed E-state index contributed by atoms with van der Waals surface area (Å²) in [6.45, 7) is 1.88. The molecule has 0 saturated carbocycles. The number of hydrogen-bond acceptors (Lipinski definition) is 9. The van der Waals surface area contributed by atoms with Crippen LogP contribution >= 0.6 is 23.5 Å². The molecule has 1 atom stereocenters. The van der Waals surface area contributed by atoms with Crippen LogP contribution in [0.1, 0.15) is 12.8 Å². The molecule has 184 valence electrons. The Balaban J connectivity index is 1.31. The van der Waals surface area contributed by atoms with Gasteiger partial charge >= 0.3 is 0 Å². The predicted molar refractivity (Wildman–Crippen MR) is 140 cm³/mol.